The average Bonchev–Trinajstić information content (AvgIpc) is 3.39. The standard InChI is InChI=1S/C23H24N4/c1-17(2)15-22(23-25-12-13-26-23)27-14-9-19(16-27)21-6-4-3-5-20(21)18-7-10-24-11-8-18/h3-14,16-17,22H,15H2,1-2H3,(H,25,26)/t22-/m0/s1. The molecule has 0 radical (unpaired) electrons. The van der Waals surface area contributed by atoms with E-state index >= 15 is 0 Å². The predicted octanol–water partition coefficient (Wildman–Crippen LogP) is 5.58. The van der Waals surface area contributed by atoms with Crippen LogP contribution in [0.5, 0.6) is 0 Å². The number of imidazole rings is 1. The van der Waals surface area contributed by atoms with E-state index in [0.29, 0.717) is 5.92 Å². The van der Waals surface area contributed by atoms with E-state index in [-0.39, 0.29) is 6.04 Å². The largest absolute Gasteiger partial charge is 0.347 e. The molecule has 0 saturated carbocycles. The van der Waals surface area contributed by atoms with E-state index in [0.717, 1.165) is 12.2 Å². The molecule has 0 aliphatic heterocycles. The van der Waals surface area contributed by atoms with Gasteiger partial charge in [-0.3, -0.25) is 4.98 Å². The predicted molar refractivity (Wildman–Crippen MR) is 109 cm³/mol. The monoisotopic (exact) mass is 356 g/mol. The first-order valence-electron chi connectivity index (χ1n) is 9.39. The van der Waals surface area contributed by atoms with E-state index in [1.165, 1.54) is 22.3 Å². The van der Waals surface area contributed by atoms with Crippen LogP contribution in [-0.4, -0.2) is 19.5 Å². The number of rotatable bonds is 6. The van der Waals surface area contributed by atoms with Gasteiger partial charge in [0.15, 0.2) is 0 Å². The highest BCUT2D eigenvalue weighted by atomic mass is 15.1. The van der Waals surface area contributed by atoms with Crippen molar-refractivity contribution in [3.05, 3.63) is 85.5 Å². The summed E-state index contributed by atoms with van der Waals surface area (Å²) < 4.78 is 2.28. The molecular weight excluding hydrogens is 332 g/mol. The van der Waals surface area contributed by atoms with Gasteiger partial charge in [0.1, 0.15) is 5.82 Å². The highest BCUT2D eigenvalue weighted by Crippen LogP contribution is 2.33. The summed E-state index contributed by atoms with van der Waals surface area (Å²) >= 11 is 0. The third-order valence-corrected chi connectivity index (χ3v) is 4.83. The van der Waals surface area contributed by atoms with Crippen LogP contribution >= 0.6 is 0 Å². The van der Waals surface area contributed by atoms with Crippen LogP contribution in [0.4, 0.5) is 0 Å². The molecule has 0 unspecified atom stereocenters. The molecule has 0 amide bonds. The molecule has 0 aliphatic carbocycles. The minimum atomic E-state index is 0.210. The molecule has 0 spiro atoms. The van der Waals surface area contributed by atoms with Crippen molar-refractivity contribution < 1.29 is 0 Å². The number of nitrogens with one attached hydrogen (secondary N) is 1. The Balaban J connectivity index is 1.73. The lowest BCUT2D eigenvalue weighted by Crippen LogP contribution is -2.13. The lowest BCUT2D eigenvalue weighted by Gasteiger charge is -2.19. The van der Waals surface area contributed by atoms with Gasteiger partial charge < -0.3 is 9.55 Å². The van der Waals surface area contributed by atoms with Gasteiger partial charge in [-0.25, -0.2) is 4.98 Å². The molecule has 4 nitrogen and oxygen atoms in total. The first-order chi connectivity index (χ1) is 13.2. The highest BCUT2D eigenvalue weighted by molar-refractivity contribution is 5.83. The quantitative estimate of drug-likeness (QED) is 0.490. The second kappa shape index (κ2) is 7.62. The maximum absolute atomic E-state index is 4.51. The zero-order chi connectivity index (χ0) is 18.6. The molecule has 4 aromatic rings. The smallest absolute Gasteiger partial charge is 0.129 e. The summed E-state index contributed by atoms with van der Waals surface area (Å²) in [6.07, 6.45) is 12.8. The first kappa shape index (κ1) is 17.3. The molecule has 0 aliphatic rings. The fourth-order valence-electron chi connectivity index (χ4n) is 3.57. The molecule has 0 saturated heterocycles. The summed E-state index contributed by atoms with van der Waals surface area (Å²) in [5.74, 6) is 1.59. The van der Waals surface area contributed by atoms with Gasteiger partial charge >= 0.3 is 0 Å². The van der Waals surface area contributed by atoms with Crippen LogP contribution in [-0.2, 0) is 0 Å². The summed E-state index contributed by atoms with van der Waals surface area (Å²) in [5.41, 5.74) is 4.84. The molecule has 27 heavy (non-hydrogen) atoms. The van der Waals surface area contributed by atoms with Crippen molar-refractivity contribution in [3.8, 4) is 22.3 Å². The Hall–Kier alpha value is -3.14. The summed E-state index contributed by atoms with van der Waals surface area (Å²) in [6, 6.07) is 15.0. The molecule has 3 heterocycles. The minimum Gasteiger partial charge on any atom is -0.347 e. The number of aromatic nitrogens is 4. The lowest BCUT2D eigenvalue weighted by molar-refractivity contribution is 0.438. The number of H-pyrrole nitrogens is 1. The number of benzene rings is 1. The van der Waals surface area contributed by atoms with Gasteiger partial charge in [0.25, 0.3) is 0 Å². The van der Waals surface area contributed by atoms with Crippen molar-refractivity contribution in [1.82, 2.24) is 19.5 Å². The topological polar surface area (TPSA) is 46.5 Å². The Morgan fingerprint density at radius 1 is 0.926 bits per heavy atom. The third kappa shape index (κ3) is 3.70. The van der Waals surface area contributed by atoms with Crippen molar-refractivity contribution in [3.63, 3.8) is 0 Å². The van der Waals surface area contributed by atoms with Gasteiger partial charge in [-0.05, 0) is 52.8 Å². The molecule has 4 rings (SSSR count). The second-order valence-corrected chi connectivity index (χ2v) is 7.25. The van der Waals surface area contributed by atoms with Crippen LogP contribution in [0.25, 0.3) is 22.3 Å². The van der Waals surface area contributed by atoms with Gasteiger partial charge in [-0.2, -0.15) is 0 Å². The van der Waals surface area contributed by atoms with Crippen LogP contribution in [0.15, 0.2) is 79.6 Å². The molecule has 4 heteroatoms. The number of nitrogens with zero attached hydrogens (tertiary/aromatic N) is 3. The third-order valence-electron chi connectivity index (χ3n) is 4.83. The fourth-order valence-corrected chi connectivity index (χ4v) is 3.57. The molecule has 1 N–H and O–H groups in total. The highest BCUT2D eigenvalue weighted by Gasteiger charge is 2.18. The number of hydrogen-bond acceptors (Lipinski definition) is 2. The zero-order valence-corrected chi connectivity index (χ0v) is 15.7. The van der Waals surface area contributed by atoms with Gasteiger partial charge in [0.05, 0.1) is 6.04 Å². The molecule has 1 atom stereocenters. The summed E-state index contributed by atoms with van der Waals surface area (Å²) in [4.78, 5) is 11.9. The summed E-state index contributed by atoms with van der Waals surface area (Å²) in [6.45, 7) is 4.50. The van der Waals surface area contributed by atoms with E-state index in [4.69, 9.17) is 0 Å². The van der Waals surface area contributed by atoms with Crippen molar-refractivity contribution in [2.24, 2.45) is 5.92 Å². The van der Waals surface area contributed by atoms with Crippen LogP contribution in [0.3, 0.4) is 0 Å². The van der Waals surface area contributed by atoms with Crippen LogP contribution in [0.2, 0.25) is 0 Å². The lowest BCUT2D eigenvalue weighted by atomic mass is 9.97. The Labute approximate surface area is 159 Å². The maximum Gasteiger partial charge on any atom is 0.129 e. The summed E-state index contributed by atoms with van der Waals surface area (Å²) in [5, 5.41) is 0. The minimum absolute atomic E-state index is 0.210. The van der Waals surface area contributed by atoms with E-state index in [9.17, 15) is 0 Å². The van der Waals surface area contributed by atoms with E-state index in [1.807, 2.05) is 24.8 Å². The second-order valence-electron chi connectivity index (χ2n) is 7.25. The van der Waals surface area contributed by atoms with Gasteiger partial charge in [-0.1, -0.05) is 38.1 Å². The summed E-state index contributed by atoms with van der Waals surface area (Å²) in [7, 11) is 0. The van der Waals surface area contributed by atoms with Gasteiger partial charge in [-0.15, -0.1) is 0 Å². The maximum atomic E-state index is 4.51. The Morgan fingerprint density at radius 3 is 2.33 bits per heavy atom. The molecule has 0 bridgehead atoms. The Kier molecular flexibility index (Phi) is 4.88. The SMILES string of the molecule is CC(C)C[C@@H](c1ncc[nH]1)n1ccc(-c2ccccc2-c2ccncc2)c1. The van der Waals surface area contributed by atoms with Crippen LogP contribution in [0.1, 0.15) is 32.1 Å². The molecule has 136 valence electrons. The van der Waals surface area contributed by atoms with E-state index < -0.39 is 0 Å². The number of pyridine rings is 1. The van der Waals surface area contributed by atoms with Gasteiger partial charge in [0, 0.05) is 37.2 Å². The Morgan fingerprint density at radius 2 is 1.67 bits per heavy atom. The van der Waals surface area contributed by atoms with Crippen molar-refractivity contribution >= 4 is 0 Å². The number of aromatic amines is 1. The van der Waals surface area contributed by atoms with Crippen molar-refractivity contribution in [2.75, 3.05) is 0 Å². The Bertz CT molecular complexity index is 984. The normalized spacial score (nSPS) is 12.4. The van der Waals surface area contributed by atoms with Crippen molar-refractivity contribution in [1.29, 1.82) is 0 Å². The number of hydrogen-bond donors (Lipinski definition) is 1. The molecule has 0 fully saturated rings. The van der Waals surface area contributed by atoms with Crippen molar-refractivity contribution in [2.45, 2.75) is 26.3 Å². The molecular formula is C23H24N4. The van der Waals surface area contributed by atoms with E-state index in [1.54, 1.807) is 0 Å². The van der Waals surface area contributed by atoms with Gasteiger partial charge in [0.2, 0.25) is 0 Å². The van der Waals surface area contributed by atoms with Crippen LogP contribution in [0, 0.1) is 5.92 Å². The zero-order valence-electron chi connectivity index (χ0n) is 15.7. The van der Waals surface area contributed by atoms with Crippen LogP contribution < -0.4 is 0 Å². The molecule has 1 aromatic carbocycles. The average molecular weight is 356 g/mol. The fraction of sp³-hybridized carbons (Fsp3) is 0.217. The molecule has 3 aromatic heterocycles. The first-order valence-corrected chi connectivity index (χ1v) is 9.39. The van der Waals surface area contributed by atoms with E-state index in [2.05, 4.69) is 88.2 Å².